The van der Waals surface area contributed by atoms with E-state index in [1.807, 2.05) is 26.8 Å². The van der Waals surface area contributed by atoms with Crippen LogP contribution in [0, 0.1) is 0 Å². The lowest BCUT2D eigenvalue weighted by atomic mass is 10.0. The van der Waals surface area contributed by atoms with Gasteiger partial charge in [0.05, 0.1) is 10.0 Å². The maximum atomic E-state index is 12.2. The molecule has 1 aromatic carbocycles. The lowest BCUT2D eigenvalue weighted by Crippen LogP contribution is -2.34. The number of carbonyl (C=O) groups excluding carboxylic acids is 1. The molecule has 0 fully saturated rings. The van der Waals surface area contributed by atoms with Crippen molar-refractivity contribution in [3.05, 3.63) is 40.4 Å². The van der Waals surface area contributed by atoms with E-state index in [4.69, 9.17) is 32.7 Å². The Labute approximate surface area is 208 Å². The zero-order valence-corrected chi connectivity index (χ0v) is 22.7. The van der Waals surface area contributed by atoms with E-state index in [-0.39, 0.29) is 16.9 Å². The zero-order chi connectivity index (χ0) is 24.5. The van der Waals surface area contributed by atoms with Gasteiger partial charge in [-0.3, -0.25) is 4.72 Å². The first kappa shape index (κ1) is 29.0. The molecule has 0 radical (unpaired) electrons. The van der Waals surface area contributed by atoms with E-state index in [1.165, 1.54) is 0 Å². The van der Waals surface area contributed by atoms with Crippen molar-refractivity contribution in [2.75, 3.05) is 20.2 Å². The number of benzene rings is 1. The summed E-state index contributed by atoms with van der Waals surface area (Å²) in [5, 5.41) is 0.945. The summed E-state index contributed by atoms with van der Waals surface area (Å²) in [5.74, 6) is 0.692. The average Bonchev–Trinajstić information content (AvgIpc) is 2.65. The Bertz CT molecular complexity index is 761. The van der Waals surface area contributed by atoms with Crippen LogP contribution < -0.4 is 9.46 Å². The molecule has 1 rings (SSSR count). The van der Waals surface area contributed by atoms with Gasteiger partial charge in [-0.1, -0.05) is 47.8 Å². The third kappa shape index (κ3) is 11.2. The Morgan fingerprint density at radius 3 is 2.38 bits per heavy atom. The number of hydrogen-bond acceptors (Lipinski definition) is 5. The third-order valence-electron chi connectivity index (χ3n) is 4.23. The van der Waals surface area contributed by atoms with Crippen LogP contribution in [-0.2, 0) is 4.74 Å². The van der Waals surface area contributed by atoms with Gasteiger partial charge in [-0.05, 0) is 66.9 Å². The number of carbonyl (C=O) groups is 1. The first-order valence-electron chi connectivity index (χ1n) is 10.8. The lowest BCUT2D eigenvalue weighted by Gasteiger charge is -2.27. The fourth-order valence-electron chi connectivity index (χ4n) is 2.74. The van der Waals surface area contributed by atoms with E-state index in [0.29, 0.717) is 28.9 Å². The standard InChI is InChI=1S/C24H38Cl2N2O3S/c1-9-14-30-21-16-19(26)18(25)15-17(21)20(27-32-24(5,6)7)12-10-11-13-28(8)22(29)31-23(2,3)4/h9,15-16,20,27H,1,10-14H2,2-8H3. The summed E-state index contributed by atoms with van der Waals surface area (Å²) in [7, 11) is 1.76. The van der Waals surface area contributed by atoms with Crippen molar-refractivity contribution in [2.45, 2.75) is 77.2 Å². The molecule has 0 aliphatic rings. The Morgan fingerprint density at radius 2 is 1.81 bits per heavy atom. The van der Waals surface area contributed by atoms with E-state index in [2.05, 4.69) is 32.1 Å². The van der Waals surface area contributed by atoms with Gasteiger partial charge in [0.1, 0.15) is 18.0 Å². The summed E-state index contributed by atoms with van der Waals surface area (Å²) < 4.78 is 14.9. The zero-order valence-electron chi connectivity index (χ0n) is 20.4. The summed E-state index contributed by atoms with van der Waals surface area (Å²) in [5.41, 5.74) is 0.457. The van der Waals surface area contributed by atoms with Crippen LogP contribution in [0.2, 0.25) is 10.0 Å². The van der Waals surface area contributed by atoms with Crippen molar-refractivity contribution in [1.29, 1.82) is 0 Å². The molecule has 8 heteroatoms. The highest BCUT2D eigenvalue weighted by atomic mass is 35.5. The van der Waals surface area contributed by atoms with Crippen molar-refractivity contribution in [3.63, 3.8) is 0 Å². The molecule has 5 nitrogen and oxygen atoms in total. The Morgan fingerprint density at radius 1 is 1.19 bits per heavy atom. The molecule has 0 saturated carbocycles. The number of rotatable bonds is 11. The normalized spacial score (nSPS) is 12.9. The molecule has 1 aromatic rings. The predicted octanol–water partition coefficient (Wildman–Crippen LogP) is 7.67. The Hall–Kier alpha value is -1.08. The van der Waals surface area contributed by atoms with Crippen LogP contribution in [0.1, 0.15) is 72.4 Å². The monoisotopic (exact) mass is 504 g/mol. The van der Waals surface area contributed by atoms with Crippen LogP contribution >= 0.6 is 35.1 Å². The van der Waals surface area contributed by atoms with Gasteiger partial charge >= 0.3 is 6.09 Å². The van der Waals surface area contributed by atoms with Crippen molar-refractivity contribution in [3.8, 4) is 5.75 Å². The van der Waals surface area contributed by atoms with Gasteiger partial charge in [0.15, 0.2) is 0 Å². The Kier molecular flexibility index (Phi) is 11.7. The minimum absolute atomic E-state index is 0.000592. The molecule has 1 amide bonds. The molecule has 0 spiro atoms. The number of amides is 1. The molecule has 0 aromatic heterocycles. The molecule has 1 N–H and O–H groups in total. The topological polar surface area (TPSA) is 50.8 Å². The van der Waals surface area contributed by atoms with Crippen molar-refractivity contribution >= 4 is 41.2 Å². The quantitative estimate of drug-likeness (QED) is 0.190. The highest BCUT2D eigenvalue weighted by molar-refractivity contribution is 7.98. The average molecular weight is 506 g/mol. The number of hydrogen-bond donors (Lipinski definition) is 1. The van der Waals surface area contributed by atoms with E-state index in [1.54, 1.807) is 36.0 Å². The fourth-order valence-corrected chi connectivity index (χ4v) is 3.81. The molecule has 1 atom stereocenters. The van der Waals surface area contributed by atoms with Gasteiger partial charge in [-0.2, -0.15) is 0 Å². The second-order valence-electron chi connectivity index (χ2n) is 9.69. The minimum atomic E-state index is -0.500. The summed E-state index contributed by atoms with van der Waals surface area (Å²) >= 11 is 14.3. The molecule has 182 valence electrons. The molecule has 0 saturated heterocycles. The number of nitrogens with one attached hydrogen (secondary N) is 1. The molecular formula is C24H38Cl2N2O3S. The second-order valence-corrected chi connectivity index (χ2v) is 12.2. The van der Waals surface area contributed by atoms with Crippen molar-refractivity contribution in [1.82, 2.24) is 9.62 Å². The smallest absolute Gasteiger partial charge is 0.410 e. The predicted molar refractivity (Wildman–Crippen MR) is 138 cm³/mol. The molecule has 0 aliphatic heterocycles. The maximum Gasteiger partial charge on any atom is 0.410 e. The van der Waals surface area contributed by atoms with Crippen LogP contribution in [0.4, 0.5) is 4.79 Å². The van der Waals surface area contributed by atoms with E-state index < -0.39 is 5.60 Å². The molecule has 0 aliphatic carbocycles. The van der Waals surface area contributed by atoms with Gasteiger partial charge in [-0.15, -0.1) is 0 Å². The summed E-state index contributed by atoms with van der Waals surface area (Å²) in [6, 6.07) is 3.63. The highest BCUT2D eigenvalue weighted by Gasteiger charge is 2.22. The number of halogens is 2. The summed E-state index contributed by atoms with van der Waals surface area (Å²) in [6.07, 6.45) is 3.98. The molecule has 1 unspecified atom stereocenters. The van der Waals surface area contributed by atoms with Crippen LogP contribution in [0.3, 0.4) is 0 Å². The molecular weight excluding hydrogens is 467 g/mol. The fraction of sp³-hybridized carbons (Fsp3) is 0.625. The van der Waals surface area contributed by atoms with Gasteiger partial charge < -0.3 is 14.4 Å². The first-order valence-corrected chi connectivity index (χ1v) is 12.4. The van der Waals surface area contributed by atoms with Crippen LogP contribution in [0.5, 0.6) is 5.75 Å². The van der Waals surface area contributed by atoms with Crippen molar-refractivity contribution < 1.29 is 14.3 Å². The second kappa shape index (κ2) is 13.0. The highest BCUT2D eigenvalue weighted by Crippen LogP contribution is 2.38. The SMILES string of the molecule is C=CCOc1cc(Cl)c(Cl)cc1C(CCCCN(C)C(=O)OC(C)(C)C)NSC(C)(C)C. The van der Waals surface area contributed by atoms with E-state index in [0.717, 1.165) is 24.8 Å². The maximum absolute atomic E-state index is 12.2. The van der Waals surface area contributed by atoms with E-state index in [9.17, 15) is 4.79 Å². The number of ether oxygens (including phenoxy) is 2. The van der Waals surface area contributed by atoms with Crippen LogP contribution in [0.15, 0.2) is 24.8 Å². The third-order valence-corrected chi connectivity index (χ3v) is 5.97. The summed E-state index contributed by atoms with van der Waals surface area (Å²) in [6.45, 7) is 16.8. The summed E-state index contributed by atoms with van der Waals surface area (Å²) in [4.78, 5) is 13.8. The van der Waals surface area contributed by atoms with E-state index >= 15 is 0 Å². The van der Waals surface area contributed by atoms with Gasteiger partial charge in [0.25, 0.3) is 0 Å². The number of unbranched alkanes of at least 4 members (excludes halogenated alkanes) is 1. The number of nitrogens with zero attached hydrogens (tertiary/aromatic N) is 1. The largest absolute Gasteiger partial charge is 0.489 e. The Balaban J connectivity index is 2.89. The van der Waals surface area contributed by atoms with Gasteiger partial charge in [-0.25, -0.2) is 4.79 Å². The molecule has 0 heterocycles. The first-order chi connectivity index (χ1) is 14.7. The van der Waals surface area contributed by atoms with Crippen LogP contribution in [0.25, 0.3) is 0 Å². The van der Waals surface area contributed by atoms with Gasteiger partial charge in [0, 0.05) is 36.0 Å². The minimum Gasteiger partial charge on any atom is -0.489 e. The molecule has 0 bridgehead atoms. The van der Waals surface area contributed by atoms with Gasteiger partial charge in [0.2, 0.25) is 0 Å². The molecule has 32 heavy (non-hydrogen) atoms. The lowest BCUT2D eigenvalue weighted by molar-refractivity contribution is 0.0296. The van der Waals surface area contributed by atoms with Crippen LogP contribution in [-0.4, -0.2) is 41.5 Å². The van der Waals surface area contributed by atoms with Crippen molar-refractivity contribution in [2.24, 2.45) is 0 Å².